The number of para-hydroxylation sites is 2. The van der Waals surface area contributed by atoms with Crippen LogP contribution in [0.5, 0.6) is 5.75 Å². The Bertz CT molecular complexity index is 2570. The molecule has 0 aliphatic heterocycles. The van der Waals surface area contributed by atoms with Crippen LogP contribution >= 0.6 is 0 Å². The van der Waals surface area contributed by atoms with Crippen LogP contribution in [0.2, 0.25) is 0 Å². The van der Waals surface area contributed by atoms with Gasteiger partial charge < -0.3 is 29.2 Å². The number of esters is 2. The van der Waals surface area contributed by atoms with Gasteiger partial charge in [0.1, 0.15) is 29.6 Å². The summed E-state index contributed by atoms with van der Waals surface area (Å²) in [7, 11) is -8.41. The fourth-order valence-corrected chi connectivity index (χ4v) is 10.1. The van der Waals surface area contributed by atoms with Crippen molar-refractivity contribution in [1.82, 2.24) is 5.32 Å². The van der Waals surface area contributed by atoms with Crippen LogP contribution in [0.1, 0.15) is 93.3 Å². The third-order valence-electron chi connectivity index (χ3n) is 9.93. The van der Waals surface area contributed by atoms with Crippen molar-refractivity contribution in [3.63, 3.8) is 0 Å². The number of carbonyl (C=O) groups excluding carboxylic acids is 4. The molecule has 0 fully saturated rings. The Kier molecular flexibility index (Phi) is 18.9. The number of amides is 2. The van der Waals surface area contributed by atoms with E-state index in [2.05, 4.69) is 10.6 Å². The van der Waals surface area contributed by atoms with E-state index in [0.29, 0.717) is 33.5 Å². The fraction of sp³-hybridized carbons (Fsp3) is 0.440. The molecule has 0 unspecified atom stereocenters. The molecule has 376 valence electrons. The SMILES string of the molecule is Cc1cc(C)c(S(=O)(=O)OCCN(CCOS(=O)(=O)c2c(C)cc(C)cc2C)c2ccccc2NC(=O)OCc2ccc(OC(=O)N[C@@H](CCC(=O)OC(C)(C)C)C(=O)OC(C)(C)C)cc2)c(C)c1. The second-order valence-electron chi connectivity index (χ2n) is 18.6. The number of nitrogens with zero attached hydrogens (tertiary/aromatic N) is 1. The van der Waals surface area contributed by atoms with E-state index in [0.717, 1.165) is 11.1 Å². The highest BCUT2D eigenvalue weighted by atomic mass is 32.2. The molecule has 17 nitrogen and oxygen atoms in total. The number of aryl methyl sites for hydroxylation is 6. The van der Waals surface area contributed by atoms with Gasteiger partial charge in [0.25, 0.3) is 20.2 Å². The molecule has 0 aliphatic rings. The number of hydrogen-bond donors (Lipinski definition) is 2. The van der Waals surface area contributed by atoms with E-state index < -0.39 is 61.6 Å². The first-order chi connectivity index (χ1) is 32.0. The first-order valence-electron chi connectivity index (χ1n) is 22.3. The Morgan fingerprint density at radius 3 is 1.59 bits per heavy atom. The lowest BCUT2D eigenvalue weighted by atomic mass is 10.1. The maximum Gasteiger partial charge on any atom is 0.413 e. The number of ether oxygens (including phenoxy) is 4. The second kappa shape index (κ2) is 23.5. The van der Waals surface area contributed by atoms with Gasteiger partial charge in [0.2, 0.25) is 0 Å². The van der Waals surface area contributed by atoms with Crippen LogP contribution in [0.15, 0.2) is 82.6 Å². The first kappa shape index (κ1) is 55.6. The van der Waals surface area contributed by atoms with Gasteiger partial charge in [-0.1, -0.05) is 59.7 Å². The lowest BCUT2D eigenvalue weighted by molar-refractivity contribution is -0.158. The molecule has 0 heterocycles. The second-order valence-corrected chi connectivity index (χ2v) is 21.7. The summed E-state index contributed by atoms with van der Waals surface area (Å²) >= 11 is 0. The zero-order valence-corrected chi connectivity index (χ0v) is 43.1. The molecule has 4 aromatic carbocycles. The summed E-state index contributed by atoms with van der Waals surface area (Å²) in [6.45, 7) is 19.6. The predicted octanol–water partition coefficient (Wildman–Crippen LogP) is 8.82. The quantitative estimate of drug-likeness (QED) is 0.0480. The van der Waals surface area contributed by atoms with Gasteiger partial charge in [-0.25, -0.2) is 14.4 Å². The maximum absolute atomic E-state index is 13.5. The summed E-state index contributed by atoms with van der Waals surface area (Å²) in [6.07, 6.45) is -2.09. The van der Waals surface area contributed by atoms with E-state index >= 15 is 0 Å². The summed E-state index contributed by atoms with van der Waals surface area (Å²) in [5.74, 6) is -1.20. The van der Waals surface area contributed by atoms with E-state index in [1.807, 2.05) is 13.8 Å². The molecule has 0 radical (unpaired) electrons. The minimum absolute atomic E-state index is 0.0626. The minimum atomic E-state index is -4.21. The van der Waals surface area contributed by atoms with Crippen molar-refractivity contribution in [2.45, 2.75) is 130 Å². The Hall–Kier alpha value is -6.02. The van der Waals surface area contributed by atoms with Crippen LogP contribution in [-0.4, -0.2) is 84.5 Å². The average Bonchev–Trinajstić information content (AvgIpc) is 3.19. The van der Waals surface area contributed by atoms with E-state index in [-0.39, 0.29) is 67.0 Å². The van der Waals surface area contributed by atoms with Crippen LogP contribution in [-0.2, 0) is 59.0 Å². The number of nitrogens with one attached hydrogen (secondary N) is 2. The fourth-order valence-electron chi connectivity index (χ4n) is 7.47. The molecule has 0 spiro atoms. The number of carbonyl (C=O) groups is 4. The van der Waals surface area contributed by atoms with Gasteiger partial charge in [-0.15, -0.1) is 0 Å². The van der Waals surface area contributed by atoms with Gasteiger partial charge >= 0.3 is 24.1 Å². The van der Waals surface area contributed by atoms with Crippen molar-refractivity contribution >= 4 is 55.7 Å². The topological polar surface area (TPSA) is 219 Å². The summed E-state index contributed by atoms with van der Waals surface area (Å²) in [6, 6.07) is 18.4. The molecule has 19 heteroatoms. The normalized spacial score (nSPS) is 12.4. The first-order valence-corrected chi connectivity index (χ1v) is 25.1. The largest absolute Gasteiger partial charge is 0.460 e. The Morgan fingerprint density at radius 1 is 0.638 bits per heavy atom. The lowest BCUT2D eigenvalue weighted by Crippen LogP contribution is -2.45. The van der Waals surface area contributed by atoms with Crippen LogP contribution in [0.3, 0.4) is 0 Å². The number of benzene rings is 4. The number of anilines is 2. The predicted molar refractivity (Wildman–Crippen MR) is 260 cm³/mol. The molecule has 1 atom stereocenters. The smallest absolute Gasteiger partial charge is 0.413 e. The maximum atomic E-state index is 13.5. The molecule has 4 rings (SSSR count). The van der Waals surface area contributed by atoms with E-state index in [9.17, 15) is 36.0 Å². The number of hydrogen-bond acceptors (Lipinski definition) is 15. The van der Waals surface area contributed by atoms with E-state index in [4.69, 9.17) is 27.3 Å². The Morgan fingerprint density at radius 2 is 1.12 bits per heavy atom. The molecular formula is C50H65N3O14S2. The van der Waals surface area contributed by atoms with Gasteiger partial charge in [-0.3, -0.25) is 18.5 Å². The van der Waals surface area contributed by atoms with Crippen molar-refractivity contribution in [2.24, 2.45) is 0 Å². The van der Waals surface area contributed by atoms with Gasteiger partial charge in [0, 0.05) is 19.5 Å². The van der Waals surface area contributed by atoms with Gasteiger partial charge in [0.15, 0.2) is 0 Å². The molecule has 0 aromatic heterocycles. The monoisotopic (exact) mass is 995 g/mol. The van der Waals surface area contributed by atoms with Crippen molar-refractivity contribution in [3.05, 3.63) is 112 Å². The molecular weight excluding hydrogens is 931 g/mol. The van der Waals surface area contributed by atoms with Crippen molar-refractivity contribution in [1.29, 1.82) is 0 Å². The van der Waals surface area contributed by atoms with E-state index in [1.54, 1.807) is 135 Å². The average molecular weight is 996 g/mol. The van der Waals surface area contributed by atoms with Gasteiger partial charge in [-0.05, 0) is 142 Å². The minimum Gasteiger partial charge on any atom is -0.460 e. The van der Waals surface area contributed by atoms with Crippen LogP contribution in [0, 0.1) is 41.5 Å². The zero-order chi connectivity index (χ0) is 51.5. The third kappa shape index (κ3) is 17.5. The molecule has 0 saturated heterocycles. The molecule has 0 bridgehead atoms. The molecule has 0 aliphatic carbocycles. The van der Waals surface area contributed by atoms with E-state index in [1.165, 1.54) is 12.1 Å². The van der Waals surface area contributed by atoms with Crippen LogP contribution < -0.4 is 20.3 Å². The van der Waals surface area contributed by atoms with Crippen molar-refractivity contribution in [3.8, 4) is 5.75 Å². The van der Waals surface area contributed by atoms with Crippen LogP contribution in [0.4, 0.5) is 21.0 Å². The van der Waals surface area contributed by atoms with Gasteiger partial charge in [-0.2, -0.15) is 16.8 Å². The summed E-state index contributed by atoms with van der Waals surface area (Å²) < 4.78 is 86.6. The standard InChI is InChI=1S/C50H65N3O14S2/c1-32-27-34(3)44(35(4)28-32)68(58,59)63-25-23-53(24-26-64-69(60,61)45-36(5)29-33(2)30-37(45)6)42-16-14-13-15-40(42)51-47(56)62-31-38-17-19-39(20-18-38)65-48(57)52-41(46(55)67-50(10,11)12)21-22-43(54)66-49(7,8)9/h13-20,27-30,41H,21-26,31H2,1-12H3,(H,51,56)(H,52,57)/t41-/m0/s1. The number of rotatable bonds is 20. The molecule has 69 heavy (non-hydrogen) atoms. The molecule has 0 saturated carbocycles. The third-order valence-corrected chi connectivity index (χ3v) is 13.2. The molecule has 4 aromatic rings. The highest BCUT2D eigenvalue weighted by molar-refractivity contribution is 7.87. The van der Waals surface area contributed by atoms with Crippen molar-refractivity contribution in [2.75, 3.05) is 36.5 Å². The molecule has 2 N–H and O–H groups in total. The highest BCUT2D eigenvalue weighted by Gasteiger charge is 2.30. The van der Waals surface area contributed by atoms with Crippen molar-refractivity contribution < 1.29 is 63.3 Å². The van der Waals surface area contributed by atoms with Gasteiger partial charge in [0.05, 0.1) is 34.4 Å². The Balaban J connectivity index is 1.44. The van der Waals surface area contributed by atoms with Crippen LogP contribution in [0.25, 0.3) is 0 Å². The molecule has 2 amide bonds. The lowest BCUT2D eigenvalue weighted by Gasteiger charge is -2.27. The zero-order valence-electron chi connectivity index (χ0n) is 41.4. The summed E-state index contributed by atoms with van der Waals surface area (Å²) in [5, 5.41) is 5.17. The summed E-state index contributed by atoms with van der Waals surface area (Å²) in [4.78, 5) is 53.2. The Labute approximate surface area is 406 Å². The highest BCUT2D eigenvalue weighted by Crippen LogP contribution is 2.29. The summed E-state index contributed by atoms with van der Waals surface area (Å²) in [5.41, 5.74) is 3.50.